The van der Waals surface area contributed by atoms with E-state index in [0.717, 1.165) is 0 Å². The number of carbonyl (C=O) groups is 1. The van der Waals surface area contributed by atoms with Crippen molar-refractivity contribution < 1.29 is 22.7 Å². The van der Waals surface area contributed by atoms with E-state index < -0.39 is 12.0 Å². The van der Waals surface area contributed by atoms with Crippen LogP contribution in [0.2, 0.25) is 5.02 Å². The average molecular weight is 469 g/mol. The van der Waals surface area contributed by atoms with E-state index in [9.17, 15) is 18.0 Å². The number of anilines is 1. The maximum absolute atomic E-state index is 13.1. The number of carbonyl (C=O) groups excluding carboxylic acids is 1. The summed E-state index contributed by atoms with van der Waals surface area (Å²) in [4.78, 5) is 14.3. The highest BCUT2D eigenvalue weighted by Crippen LogP contribution is 2.28. The molecule has 0 aliphatic carbocycles. The van der Waals surface area contributed by atoms with E-state index in [-0.39, 0.29) is 17.5 Å². The molecule has 0 bridgehead atoms. The summed E-state index contributed by atoms with van der Waals surface area (Å²) in [6, 6.07) is 10.0. The van der Waals surface area contributed by atoms with Gasteiger partial charge in [0.15, 0.2) is 5.65 Å². The van der Waals surface area contributed by atoms with Crippen molar-refractivity contribution in [1.29, 1.82) is 0 Å². The van der Waals surface area contributed by atoms with Crippen molar-refractivity contribution in [3.63, 3.8) is 0 Å². The number of fused-ring (bicyclic) bond motifs is 1. The first-order valence-electron chi connectivity index (χ1n) is 10.0. The number of nitrogens with zero attached hydrogens (tertiary/aromatic N) is 5. The van der Waals surface area contributed by atoms with Gasteiger partial charge in [0.2, 0.25) is 5.91 Å². The quantitative estimate of drug-likeness (QED) is 0.559. The Morgan fingerprint density at radius 3 is 2.53 bits per heavy atom. The molecule has 0 radical (unpaired) electrons. The molecule has 1 aromatic carbocycles. The third kappa shape index (κ3) is 5.04. The number of ether oxygens (including phenoxy) is 1. The van der Waals surface area contributed by atoms with Gasteiger partial charge in [-0.05, 0) is 49.2 Å². The molecule has 3 aromatic rings. The van der Waals surface area contributed by atoms with Crippen LogP contribution >= 0.6 is 11.6 Å². The van der Waals surface area contributed by atoms with Gasteiger partial charge in [0.1, 0.15) is 18.2 Å². The number of benzene rings is 1. The molecule has 170 valence electrons. The fraction of sp³-hybridized carbons (Fsp3) is 0.400. The minimum absolute atomic E-state index is 0.0242. The summed E-state index contributed by atoms with van der Waals surface area (Å²) in [7, 11) is 0. The van der Waals surface area contributed by atoms with E-state index in [0.29, 0.717) is 60.2 Å². The Kier molecular flexibility index (Phi) is 6.35. The normalized spacial score (nSPS) is 15.2. The van der Waals surface area contributed by atoms with Gasteiger partial charge in [-0.15, -0.1) is 15.3 Å². The van der Waals surface area contributed by atoms with Gasteiger partial charge in [-0.2, -0.15) is 17.7 Å². The zero-order valence-electron chi connectivity index (χ0n) is 16.8. The van der Waals surface area contributed by atoms with E-state index in [4.69, 9.17) is 16.3 Å². The fourth-order valence-electron chi connectivity index (χ4n) is 3.51. The number of hydrogen-bond acceptors (Lipinski definition) is 6. The first-order chi connectivity index (χ1) is 15.3. The predicted octanol–water partition coefficient (Wildman–Crippen LogP) is 3.21. The molecule has 0 unspecified atom stereocenters. The highest BCUT2D eigenvalue weighted by atomic mass is 35.5. The monoisotopic (exact) mass is 468 g/mol. The molecule has 1 amide bonds. The first-order valence-corrected chi connectivity index (χ1v) is 10.4. The molecule has 1 N–H and O–H groups in total. The van der Waals surface area contributed by atoms with Crippen molar-refractivity contribution in [2.45, 2.75) is 19.0 Å². The summed E-state index contributed by atoms with van der Waals surface area (Å²) in [6.45, 7) is 1.70. The van der Waals surface area contributed by atoms with Crippen LogP contribution in [0.4, 0.5) is 19.0 Å². The van der Waals surface area contributed by atoms with Crippen molar-refractivity contribution in [1.82, 2.24) is 25.1 Å². The van der Waals surface area contributed by atoms with Crippen molar-refractivity contribution in [3.05, 3.63) is 47.2 Å². The van der Waals surface area contributed by atoms with E-state index in [2.05, 4.69) is 20.6 Å². The molecule has 1 saturated heterocycles. The highest BCUT2D eigenvalue weighted by molar-refractivity contribution is 6.30. The topological polar surface area (TPSA) is 84.6 Å². The summed E-state index contributed by atoms with van der Waals surface area (Å²) >= 11 is 5.82. The van der Waals surface area contributed by atoms with Gasteiger partial charge < -0.3 is 15.0 Å². The Hall–Kier alpha value is -3.08. The van der Waals surface area contributed by atoms with Crippen molar-refractivity contribution in [2.75, 3.05) is 31.1 Å². The SMILES string of the molecule is O=C(NCCOc1ccc(Cl)cc1)C1CCN(c2ccc3nnc(C(F)(F)F)n3n2)CC1. The van der Waals surface area contributed by atoms with Crippen LogP contribution in [0.3, 0.4) is 0 Å². The minimum Gasteiger partial charge on any atom is -0.492 e. The lowest BCUT2D eigenvalue weighted by Crippen LogP contribution is -2.41. The van der Waals surface area contributed by atoms with Crippen molar-refractivity contribution >= 4 is 29.0 Å². The molecule has 0 atom stereocenters. The maximum atomic E-state index is 13.1. The van der Waals surface area contributed by atoms with Crippen LogP contribution < -0.4 is 15.0 Å². The Labute approximate surface area is 186 Å². The van der Waals surface area contributed by atoms with Crippen LogP contribution in [-0.2, 0) is 11.0 Å². The number of piperidine rings is 1. The molecule has 12 heteroatoms. The molecule has 2 aromatic heterocycles. The molecule has 1 aliphatic rings. The lowest BCUT2D eigenvalue weighted by molar-refractivity contribution is -0.146. The third-order valence-electron chi connectivity index (χ3n) is 5.18. The summed E-state index contributed by atoms with van der Waals surface area (Å²) in [6.07, 6.45) is -3.51. The Morgan fingerprint density at radius 1 is 1.12 bits per heavy atom. The van der Waals surface area contributed by atoms with Crippen LogP contribution in [0.5, 0.6) is 5.75 Å². The fourth-order valence-corrected chi connectivity index (χ4v) is 3.64. The van der Waals surface area contributed by atoms with Crippen LogP contribution in [0.25, 0.3) is 5.65 Å². The van der Waals surface area contributed by atoms with Crippen LogP contribution in [0.1, 0.15) is 18.7 Å². The number of alkyl halides is 3. The Balaban J connectivity index is 1.27. The second kappa shape index (κ2) is 9.19. The van der Waals surface area contributed by atoms with Gasteiger partial charge in [-0.1, -0.05) is 11.6 Å². The van der Waals surface area contributed by atoms with Crippen LogP contribution in [0.15, 0.2) is 36.4 Å². The standard InChI is InChI=1S/C20H20ClF3N6O2/c21-14-1-3-15(4-2-14)32-12-9-25-18(31)13-7-10-29(11-8-13)17-6-5-16-26-27-19(20(22,23)24)30(16)28-17/h1-6,13H,7-12H2,(H,25,31). The Bertz CT molecular complexity index is 1080. The molecular weight excluding hydrogens is 449 g/mol. The van der Waals surface area contributed by atoms with Crippen molar-refractivity contribution in [2.24, 2.45) is 5.92 Å². The van der Waals surface area contributed by atoms with Gasteiger partial charge in [-0.3, -0.25) is 4.79 Å². The van der Waals surface area contributed by atoms with E-state index in [1.165, 1.54) is 6.07 Å². The molecule has 0 saturated carbocycles. The van der Waals surface area contributed by atoms with Gasteiger partial charge in [-0.25, -0.2) is 0 Å². The Morgan fingerprint density at radius 2 is 1.84 bits per heavy atom. The zero-order valence-corrected chi connectivity index (χ0v) is 17.6. The zero-order chi connectivity index (χ0) is 22.7. The molecule has 32 heavy (non-hydrogen) atoms. The largest absolute Gasteiger partial charge is 0.492 e. The molecule has 1 aliphatic heterocycles. The van der Waals surface area contributed by atoms with Gasteiger partial charge in [0, 0.05) is 24.0 Å². The molecule has 3 heterocycles. The second-order valence-corrected chi connectivity index (χ2v) is 7.77. The average Bonchev–Trinajstić information content (AvgIpc) is 3.22. The lowest BCUT2D eigenvalue weighted by atomic mass is 9.96. The summed E-state index contributed by atoms with van der Waals surface area (Å²) in [5, 5.41) is 14.2. The smallest absolute Gasteiger partial charge is 0.453 e. The highest BCUT2D eigenvalue weighted by Gasteiger charge is 2.38. The van der Waals surface area contributed by atoms with Crippen molar-refractivity contribution in [3.8, 4) is 5.75 Å². The summed E-state index contributed by atoms with van der Waals surface area (Å²) < 4.78 is 45.5. The van der Waals surface area contributed by atoms with E-state index in [1.54, 1.807) is 30.3 Å². The minimum atomic E-state index is -4.65. The molecule has 8 nitrogen and oxygen atoms in total. The molecular formula is C20H20ClF3N6O2. The van der Waals surface area contributed by atoms with E-state index in [1.807, 2.05) is 4.90 Å². The predicted molar refractivity (Wildman–Crippen MR) is 111 cm³/mol. The van der Waals surface area contributed by atoms with Gasteiger partial charge in [0.25, 0.3) is 5.82 Å². The third-order valence-corrected chi connectivity index (χ3v) is 5.43. The number of nitrogens with one attached hydrogen (secondary N) is 1. The number of halogens is 4. The summed E-state index contributed by atoms with van der Waals surface area (Å²) in [5.74, 6) is -0.345. The molecule has 4 rings (SSSR count). The maximum Gasteiger partial charge on any atom is 0.453 e. The van der Waals surface area contributed by atoms with Gasteiger partial charge >= 0.3 is 6.18 Å². The first kappa shape index (κ1) is 22.1. The number of aromatic nitrogens is 4. The summed E-state index contributed by atoms with van der Waals surface area (Å²) in [5.41, 5.74) is 0.0242. The van der Waals surface area contributed by atoms with Crippen LogP contribution in [0, 0.1) is 5.92 Å². The second-order valence-electron chi connectivity index (χ2n) is 7.34. The molecule has 1 fully saturated rings. The van der Waals surface area contributed by atoms with E-state index >= 15 is 0 Å². The number of rotatable bonds is 6. The van der Waals surface area contributed by atoms with Gasteiger partial charge in [0.05, 0.1) is 6.54 Å². The number of hydrogen-bond donors (Lipinski definition) is 1. The molecule has 0 spiro atoms. The number of amides is 1. The lowest BCUT2D eigenvalue weighted by Gasteiger charge is -2.32. The van der Waals surface area contributed by atoms with Crippen LogP contribution in [-0.4, -0.2) is 52.0 Å².